The molecule has 0 fully saturated rings. The van der Waals surface area contributed by atoms with E-state index in [2.05, 4.69) is 5.32 Å². The Balaban J connectivity index is 2.84. The van der Waals surface area contributed by atoms with Crippen LogP contribution in [-0.2, 0) is 4.79 Å². The molecule has 2 amide bonds. The van der Waals surface area contributed by atoms with E-state index in [0.717, 1.165) is 5.56 Å². The van der Waals surface area contributed by atoms with Gasteiger partial charge in [0.25, 0.3) is 5.91 Å². The summed E-state index contributed by atoms with van der Waals surface area (Å²) in [4.78, 5) is 26.4. The number of carbonyl (C=O) groups is 2. The van der Waals surface area contributed by atoms with Crippen molar-refractivity contribution in [1.82, 2.24) is 10.2 Å². The maximum atomic E-state index is 12.6. The second-order valence-corrected chi connectivity index (χ2v) is 7.07. The molecule has 0 spiro atoms. The summed E-state index contributed by atoms with van der Waals surface area (Å²) in [6.07, 6.45) is 0. The van der Waals surface area contributed by atoms with Gasteiger partial charge in [0.2, 0.25) is 5.91 Å². The highest BCUT2D eigenvalue weighted by Gasteiger charge is 2.29. The minimum absolute atomic E-state index is 0.0545. The Bertz CT molecular complexity index is 544. The van der Waals surface area contributed by atoms with Crippen LogP contribution in [0.25, 0.3) is 0 Å². The van der Waals surface area contributed by atoms with E-state index in [1.807, 2.05) is 32.9 Å². The van der Waals surface area contributed by atoms with Gasteiger partial charge < -0.3 is 15.3 Å². The normalized spacial score (nSPS) is 12.9. The van der Waals surface area contributed by atoms with Crippen molar-refractivity contribution in [2.45, 2.75) is 46.3 Å². The zero-order valence-electron chi connectivity index (χ0n) is 14.9. The van der Waals surface area contributed by atoms with Crippen molar-refractivity contribution in [3.8, 4) is 0 Å². The van der Waals surface area contributed by atoms with Gasteiger partial charge >= 0.3 is 0 Å². The second-order valence-electron chi connectivity index (χ2n) is 7.07. The minimum Gasteiger partial charge on any atom is -0.389 e. The van der Waals surface area contributed by atoms with Crippen LogP contribution in [-0.4, -0.2) is 47.1 Å². The van der Waals surface area contributed by atoms with Crippen molar-refractivity contribution in [2.24, 2.45) is 5.92 Å². The van der Waals surface area contributed by atoms with Crippen molar-refractivity contribution in [3.05, 3.63) is 35.4 Å². The standard InChI is InChI=1S/C18H28N2O3/c1-12(2)15(17(22)20(6)11-18(4,5)23)19-16(21)14-9-7-13(3)8-10-14/h7-10,12,15,23H,11H2,1-6H3,(H,19,21). The highest BCUT2D eigenvalue weighted by molar-refractivity contribution is 5.97. The van der Waals surface area contributed by atoms with Gasteiger partial charge in [-0.25, -0.2) is 0 Å². The van der Waals surface area contributed by atoms with Crippen molar-refractivity contribution >= 4 is 11.8 Å². The third-order valence-corrected chi connectivity index (χ3v) is 3.53. The fourth-order valence-electron chi connectivity index (χ4n) is 2.34. The lowest BCUT2D eigenvalue weighted by Crippen LogP contribution is -2.52. The SMILES string of the molecule is Cc1ccc(C(=O)NC(C(=O)N(C)CC(C)(C)O)C(C)C)cc1. The first kappa shape index (κ1) is 19.2. The van der Waals surface area contributed by atoms with Gasteiger partial charge in [0.1, 0.15) is 6.04 Å². The van der Waals surface area contributed by atoms with Gasteiger partial charge in [0, 0.05) is 19.2 Å². The van der Waals surface area contributed by atoms with E-state index in [0.29, 0.717) is 5.56 Å². The summed E-state index contributed by atoms with van der Waals surface area (Å²) in [5.41, 5.74) is 0.620. The Kier molecular flexibility index (Phi) is 6.33. The third kappa shape index (κ3) is 6.02. The molecule has 0 radical (unpaired) electrons. The largest absolute Gasteiger partial charge is 0.389 e. The summed E-state index contributed by atoms with van der Waals surface area (Å²) >= 11 is 0. The lowest BCUT2D eigenvalue weighted by atomic mass is 10.0. The quantitative estimate of drug-likeness (QED) is 0.842. The number of aryl methyl sites for hydroxylation is 1. The maximum absolute atomic E-state index is 12.6. The molecule has 0 heterocycles. The van der Waals surface area contributed by atoms with Gasteiger partial charge in [-0.2, -0.15) is 0 Å². The zero-order valence-corrected chi connectivity index (χ0v) is 14.9. The molecule has 1 aromatic rings. The van der Waals surface area contributed by atoms with Crippen LogP contribution < -0.4 is 5.32 Å². The smallest absolute Gasteiger partial charge is 0.251 e. The van der Waals surface area contributed by atoms with E-state index in [-0.39, 0.29) is 24.3 Å². The van der Waals surface area contributed by atoms with E-state index >= 15 is 0 Å². The molecule has 1 unspecified atom stereocenters. The summed E-state index contributed by atoms with van der Waals surface area (Å²) in [6, 6.07) is 6.58. The topological polar surface area (TPSA) is 69.6 Å². The van der Waals surface area contributed by atoms with Crippen LogP contribution in [0.15, 0.2) is 24.3 Å². The molecule has 5 nitrogen and oxygen atoms in total. The summed E-state index contributed by atoms with van der Waals surface area (Å²) in [5, 5.41) is 12.7. The van der Waals surface area contributed by atoms with Gasteiger partial charge in [-0.1, -0.05) is 31.5 Å². The molecule has 1 aromatic carbocycles. The first-order chi connectivity index (χ1) is 10.5. The van der Waals surface area contributed by atoms with Crippen LogP contribution in [0.4, 0.5) is 0 Å². The predicted octanol–water partition coefficient (Wildman–Crippen LogP) is 1.98. The molecule has 128 valence electrons. The first-order valence-electron chi connectivity index (χ1n) is 7.86. The number of nitrogens with zero attached hydrogens (tertiary/aromatic N) is 1. The summed E-state index contributed by atoms with van der Waals surface area (Å²) in [7, 11) is 1.63. The van der Waals surface area contributed by atoms with E-state index < -0.39 is 11.6 Å². The molecule has 0 aliphatic carbocycles. The summed E-state index contributed by atoms with van der Waals surface area (Å²) in [6.45, 7) is 9.22. The fourth-order valence-corrected chi connectivity index (χ4v) is 2.34. The Labute approximate surface area is 138 Å². The number of hydrogen-bond acceptors (Lipinski definition) is 3. The van der Waals surface area contributed by atoms with Gasteiger partial charge in [-0.15, -0.1) is 0 Å². The number of benzene rings is 1. The average molecular weight is 320 g/mol. The molecule has 0 aromatic heterocycles. The Morgan fingerprint density at radius 1 is 1.22 bits per heavy atom. The lowest BCUT2D eigenvalue weighted by molar-refractivity contribution is -0.135. The molecule has 2 N–H and O–H groups in total. The monoisotopic (exact) mass is 320 g/mol. The molecule has 0 aliphatic heterocycles. The highest BCUT2D eigenvalue weighted by Crippen LogP contribution is 2.11. The fraction of sp³-hybridized carbons (Fsp3) is 0.556. The van der Waals surface area contributed by atoms with E-state index in [1.54, 1.807) is 33.0 Å². The van der Waals surface area contributed by atoms with Gasteiger partial charge in [0.15, 0.2) is 0 Å². The molecular formula is C18H28N2O3. The van der Waals surface area contributed by atoms with Crippen LogP contribution in [0.3, 0.4) is 0 Å². The van der Waals surface area contributed by atoms with Crippen molar-refractivity contribution < 1.29 is 14.7 Å². The first-order valence-corrected chi connectivity index (χ1v) is 7.86. The molecule has 0 aliphatic rings. The predicted molar refractivity (Wildman–Crippen MR) is 91.2 cm³/mol. The molecular weight excluding hydrogens is 292 g/mol. The number of carbonyl (C=O) groups excluding carboxylic acids is 2. The van der Waals surface area contributed by atoms with E-state index in [4.69, 9.17) is 0 Å². The van der Waals surface area contributed by atoms with Gasteiger partial charge in [-0.3, -0.25) is 9.59 Å². The van der Waals surface area contributed by atoms with Gasteiger partial charge in [0.05, 0.1) is 5.60 Å². The number of hydrogen-bond donors (Lipinski definition) is 2. The number of amides is 2. The van der Waals surface area contributed by atoms with Crippen LogP contribution >= 0.6 is 0 Å². The highest BCUT2D eigenvalue weighted by atomic mass is 16.3. The van der Waals surface area contributed by atoms with Crippen molar-refractivity contribution in [3.63, 3.8) is 0 Å². The van der Waals surface area contributed by atoms with Crippen LogP contribution in [0.2, 0.25) is 0 Å². The van der Waals surface area contributed by atoms with Crippen molar-refractivity contribution in [1.29, 1.82) is 0 Å². The van der Waals surface area contributed by atoms with Crippen LogP contribution in [0.5, 0.6) is 0 Å². The Morgan fingerprint density at radius 2 is 1.74 bits per heavy atom. The third-order valence-electron chi connectivity index (χ3n) is 3.53. The Hall–Kier alpha value is -1.88. The minimum atomic E-state index is -0.979. The molecule has 1 atom stereocenters. The number of aliphatic hydroxyl groups is 1. The number of likely N-dealkylation sites (N-methyl/N-ethyl adjacent to an activating group) is 1. The summed E-state index contributed by atoms with van der Waals surface area (Å²) < 4.78 is 0. The average Bonchev–Trinajstić information content (AvgIpc) is 2.42. The maximum Gasteiger partial charge on any atom is 0.251 e. The molecule has 0 saturated heterocycles. The second kappa shape index (κ2) is 7.59. The zero-order chi connectivity index (χ0) is 17.8. The molecule has 0 saturated carbocycles. The van der Waals surface area contributed by atoms with Gasteiger partial charge in [-0.05, 0) is 38.8 Å². The number of nitrogens with one attached hydrogen (secondary N) is 1. The molecule has 5 heteroatoms. The van der Waals surface area contributed by atoms with Crippen molar-refractivity contribution in [2.75, 3.05) is 13.6 Å². The Morgan fingerprint density at radius 3 is 2.17 bits per heavy atom. The summed E-state index contributed by atoms with van der Waals surface area (Å²) in [5.74, 6) is -0.530. The molecule has 1 rings (SSSR count). The lowest BCUT2D eigenvalue weighted by Gasteiger charge is -2.30. The number of rotatable bonds is 6. The van der Waals surface area contributed by atoms with Crippen LogP contribution in [0, 0.1) is 12.8 Å². The molecule has 23 heavy (non-hydrogen) atoms. The van der Waals surface area contributed by atoms with E-state index in [1.165, 1.54) is 4.90 Å². The molecule has 0 bridgehead atoms. The van der Waals surface area contributed by atoms with E-state index in [9.17, 15) is 14.7 Å². The van der Waals surface area contributed by atoms with Crippen LogP contribution in [0.1, 0.15) is 43.6 Å².